The quantitative estimate of drug-likeness (QED) is 0.789. The van der Waals surface area contributed by atoms with Gasteiger partial charge in [-0.2, -0.15) is 5.10 Å². The van der Waals surface area contributed by atoms with Gasteiger partial charge in [0.1, 0.15) is 0 Å². The minimum Gasteiger partial charge on any atom is -0.266 e. The predicted molar refractivity (Wildman–Crippen MR) is 58.3 cm³/mol. The lowest BCUT2D eigenvalue weighted by atomic mass is 10.3. The zero-order chi connectivity index (χ0) is 9.10. The predicted octanol–water partition coefficient (Wildman–Crippen LogP) is 1.93. The van der Waals surface area contributed by atoms with Crippen molar-refractivity contribution in [1.82, 2.24) is 14.8 Å². The molecule has 0 aliphatic carbocycles. The second-order valence-electron chi connectivity index (χ2n) is 2.68. The van der Waals surface area contributed by atoms with Gasteiger partial charge in [0.05, 0.1) is 22.0 Å². The molecule has 66 valence electrons. The third kappa shape index (κ3) is 2.27. The van der Waals surface area contributed by atoms with Crippen molar-refractivity contribution in [3.05, 3.63) is 46.1 Å². The van der Waals surface area contributed by atoms with Crippen LogP contribution in [0, 0.1) is 3.57 Å². The van der Waals surface area contributed by atoms with Crippen LogP contribution < -0.4 is 0 Å². The van der Waals surface area contributed by atoms with Crippen LogP contribution in [0.2, 0.25) is 0 Å². The maximum Gasteiger partial charge on any atom is 0.0831 e. The van der Waals surface area contributed by atoms with E-state index >= 15 is 0 Å². The van der Waals surface area contributed by atoms with Gasteiger partial charge in [-0.05, 0) is 34.7 Å². The van der Waals surface area contributed by atoms with Gasteiger partial charge in [-0.25, -0.2) is 0 Å². The number of nitrogens with zero attached hydrogens (tertiary/aromatic N) is 3. The van der Waals surface area contributed by atoms with Crippen LogP contribution >= 0.6 is 22.6 Å². The summed E-state index contributed by atoms with van der Waals surface area (Å²) in [7, 11) is 0. The fourth-order valence-corrected chi connectivity index (χ4v) is 1.53. The van der Waals surface area contributed by atoms with Gasteiger partial charge < -0.3 is 0 Å². The van der Waals surface area contributed by atoms with Crippen molar-refractivity contribution < 1.29 is 0 Å². The monoisotopic (exact) mass is 285 g/mol. The number of rotatable bonds is 2. The summed E-state index contributed by atoms with van der Waals surface area (Å²) in [5.41, 5.74) is 1.03. The number of hydrogen-bond donors (Lipinski definition) is 0. The maximum atomic E-state index is 4.22. The largest absolute Gasteiger partial charge is 0.266 e. The smallest absolute Gasteiger partial charge is 0.0831 e. The topological polar surface area (TPSA) is 30.7 Å². The van der Waals surface area contributed by atoms with Crippen LogP contribution in [0.5, 0.6) is 0 Å². The molecule has 2 rings (SSSR count). The minimum absolute atomic E-state index is 0.740. The number of aromatic nitrogens is 3. The lowest BCUT2D eigenvalue weighted by molar-refractivity contribution is 0.672. The summed E-state index contributed by atoms with van der Waals surface area (Å²) in [6, 6.07) is 5.89. The van der Waals surface area contributed by atoms with Crippen LogP contribution in [0.15, 0.2) is 36.8 Å². The van der Waals surface area contributed by atoms with Gasteiger partial charge in [0.25, 0.3) is 0 Å². The zero-order valence-corrected chi connectivity index (χ0v) is 9.05. The van der Waals surface area contributed by atoms with Crippen molar-refractivity contribution in [2.75, 3.05) is 0 Å². The van der Waals surface area contributed by atoms with E-state index in [1.165, 1.54) is 0 Å². The summed E-state index contributed by atoms with van der Waals surface area (Å²) in [6.07, 6.45) is 5.63. The maximum absolute atomic E-state index is 4.22. The Kier molecular flexibility index (Phi) is 2.58. The van der Waals surface area contributed by atoms with Crippen molar-refractivity contribution in [2.45, 2.75) is 6.54 Å². The van der Waals surface area contributed by atoms with Crippen molar-refractivity contribution in [1.29, 1.82) is 0 Å². The third-order valence-corrected chi connectivity index (χ3v) is 2.21. The van der Waals surface area contributed by atoms with Crippen LogP contribution in [0.1, 0.15) is 5.69 Å². The lowest BCUT2D eigenvalue weighted by Crippen LogP contribution is -2.01. The van der Waals surface area contributed by atoms with Crippen LogP contribution in [0.4, 0.5) is 0 Å². The molecule has 0 fully saturated rings. The van der Waals surface area contributed by atoms with Crippen LogP contribution in [-0.4, -0.2) is 14.8 Å². The van der Waals surface area contributed by atoms with Crippen molar-refractivity contribution in [3.8, 4) is 0 Å². The summed E-state index contributed by atoms with van der Waals surface area (Å²) in [5.74, 6) is 0. The van der Waals surface area contributed by atoms with Crippen molar-refractivity contribution >= 4 is 22.6 Å². The molecule has 0 radical (unpaired) electrons. The summed E-state index contributed by atoms with van der Waals surface area (Å²) in [4.78, 5) is 4.22. The number of halogens is 1. The average molecular weight is 285 g/mol. The first-order valence-electron chi connectivity index (χ1n) is 3.92. The van der Waals surface area contributed by atoms with Gasteiger partial charge in [-0.1, -0.05) is 6.07 Å². The molecule has 0 bridgehead atoms. The molecule has 0 amide bonds. The summed E-state index contributed by atoms with van der Waals surface area (Å²) in [6.45, 7) is 0.740. The van der Waals surface area contributed by atoms with Gasteiger partial charge in [0.2, 0.25) is 0 Å². The summed E-state index contributed by atoms with van der Waals surface area (Å²) >= 11 is 2.24. The zero-order valence-electron chi connectivity index (χ0n) is 6.89. The van der Waals surface area contributed by atoms with E-state index in [9.17, 15) is 0 Å². The second kappa shape index (κ2) is 3.87. The van der Waals surface area contributed by atoms with Gasteiger partial charge in [0.15, 0.2) is 0 Å². The molecule has 2 aromatic heterocycles. The number of pyridine rings is 1. The van der Waals surface area contributed by atoms with Gasteiger partial charge in [-0.3, -0.25) is 9.67 Å². The first-order valence-corrected chi connectivity index (χ1v) is 5.00. The molecule has 0 spiro atoms. The van der Waals surface area contributed by atoms with E-state index in [2.05, 4.69) is 32.7 Å². The molecule has 4 heteroatoms. The first kappa shape index (κ1) is 8.68. The van der Waals surface area contributed by atoms with Gasteiger partial charge in [-0.15, -0.1) is 0 Å². The normalized spacial score (nSPS) is 10.2. The molecule has 0 N–H and O–H groups in total. The molecule has 2 heterocycles. The Morgan fingerprint density at radius 3 is 2.92 bits per heavy atom. The van der Waals surface area contributed by atoms with E-state index in [1.807, 2.05) is 35.3 Å². The Labute approximate surface area is 89.9 Å². The van der Waals surface area contributed by atoms with E-state index in [-0.39, 0.29) is 0 Å². The van der Waals surface area contributed by atoms with Crippen LogP contribution in [0.25, 0.3) is 0 Å². The second-order valence-corrected chi connectivity index (χ2v) is 3.92. The third-order valence-electron chi connectivity index (χ3n) is 1.65. The molecule has 2 aromatic rings. The highest BCUT2D eigenvalue weighted by Crippen LogP contribution is 2.03. The molecular weight excluding hydrogens is 277 g/mol. The molecule has 0 atom stereocenters. The highest BCUT2D eigenvalue weighted by molar-refractivity contribution is 14.1. The lowest BCUT2D eigenvalue weighted by Gasteiger charge is -1.98. The van der Waals surface area contributed by atoms with Gasteiger partial charge >= 0.3 is 0 Å². The van der Waals surface area contributed by atoms with Gasteiger partial charge in [0, 0.05) is 12.4 Å². The fourth-order valence-electron chi connectivity index (χ4n) is 1.08. The Morgan fingerprint density at radius 1 is 1.38 bits per heavy atom. The molecule has 3 nitrogen and oxygen atoms in total. The Balaban J connectivity index is 2.15. The molecule has 0 aliphatic rings. The van der Waals surface area contributed by atoms with E-state index in [4.69, 9.17) is 0 Å². The minimum atomic E-state index is 0.740. The van der Waals surface area contributed by atoms with Crippen LogP contribution in [0.3, 0.4) is 0 Å². The van der Waals surface area contributed by atoms with E-state index < -0.39 is 0 Å². The first-order chi connectivity index (χ1) is 6.34. The molecule has 0 aromatic carbocycles. The Morgan fingerprint density at radius 2 is 2.31 bits per heavy atom. The van der Waals surface area contributed by atoms with Crippen molar-refractivity contribution in [3.63, 3.8) is 0 Å². The van der Waals surface area contributed by atoms with Crippen LogP contribution in [-0.2, 0) is 6.54 Å². The van der Waals surface area contributed by atoms with Crippen molar-refractivity contribution in [2.24, 2.45) is 0 Å². The summed E-state index contributed by atoms with van der Waals surface area (Å²) < 4.78 is 3.03. The molecule has 0 saturated heterocycles. The highest BCUT2D eigenvalue weighted by Gasteiger charge is 1.96. The SMILES string of the molecule is Ic1cnn(Cc2ccccn2)c1. The van der Waals surface area contributed by atoms with E-state index in [1.54, 1.807) is 6.20 Å². The number of hydrogen-bond acceptors (Lipinski definition) is 2. The standard InChI is InChI=1S/C9H8IN3/c10-8-5-12-13(6-8)7-9-3-1-2-4-11-9/h1-6H,7H2. The molecule has 0 unspecified atom stereocenters. The molecule has 0 aliphatic heterocycles. The van der Waals surface area contributed by atoms with E-state index in [0.717, 1.165) is 15.8 Å². The van der Waals surface area contributed by atoms with E-state index in [0.29, 0.717) is 0 Å². The highest BCUT2D eigenvalue weighted by atomic mass is 127. The molecular formula is C9H8IN3. The Hall–Kier alpha value is -0.910. The average Bonchev–Trinajstić information content (AvgIpc) is 2.53. The summed E-state index contributed by atoms with van der Waals surface area (Å²) in [5, 5.41) is 4.18. The molecule has 0 saturated carbocycles. The Bertz CT molecular complexity index is 383. The molecule has 13 heavy (non-hydrogen) atoms. The fraction of sp³-hybridized carbons (Fsp3) is 0.111.